The predicted octanol–water partition coefficient (Wildman–Crippen LogP) is 2.86. The summed E-state index contributed by atoms with van der Waals surface area (Å²) in [4.78, 5) is 12.2. The molecular weight excluding hydrogens is 370 g/mol. The van der Waals surface area contributed by atoms with Crippen LogP contribution in [0.15, 0.2) is 29.2 Å². The molecule has 0 bridgehead atoms. The first kappa shape index (κ1) is 21.7. The van der Waals surface area contributed by atoms with Gasteiger partial charge in [0.05, 0.1) is 11.5 Å². The summed E-state index contributed by atoms with van der Waals surface area (Å²) in [6, 6.07) is 6.10. The van der Waals surface area contributed by atoms with E-state index in [1.54, 1.807) is 12.1 Å². The largest absolute Gasteiger partial charge is 0.494 e. The topological polar surface area (TPSA) is 102 Å². The molecule has 1 aliphatic rings. The van der Waals surface area contributed by atoms with Crippen LogP contribution in [0.5, 0.6) is 5.75 Å². The van der Waals surface area contributed by atoms with Crippen molar-refractivity contribution in [3.05, 3.63) is 24.3 Å². The predicted molar refractivity (Wildman–Crippen MR) is 101 cm³/mol. The van der Waals surface area contributed by atoms with Crippen molar-refractivity contribution in [1.29, 1.82) is 0 Å². The molecule has 1 aromatic rings. The molecular formula is C19H29NO6S. The molecule has 0 saturated carbocycles. The van der Waals surface area contributed by atoms with E-state index in [0.717, 1.165) is 12.8 Å². The van der Waals surface area contributed by atoms with Gasteiger partial charge in [0.15, 0.2) is 14.6 Å². The van der Waals surface area contributed by atoms with E-state index in [4.69, 9.17) is 14.7 Å². The molecule has 0 radical (unpaired) electrons. The number of ether oxygens (including phenoxy) is 2. The summed E-state index contributed by atoms with van der Waals surface area (Å²) in [5, 5.41) is 9.06. The minimum atomic E-state index is -3.99. The van der Waals surface area contributed by atoms with Crippen molar-refractivity contribution < 1.29 is 27.9 Å². The van der Waals surface area contributed by atoms with Crippen LogP contribution in [-0.2, 0) is 19.4 Å². The number of hydroxylamine groups is 1. The second kappa shape index (κ2) is 10.1. The molecule has 2 N–H and O–H groups in total. The average molecular weight is 400 g/mol. The highest BCUT2D eigenvalue weighted by Crippen LogP contribution is 2.35. The lowest BCUT2D eigenvalue weighted by molar-refractivity contribution is -0.134. The second-order valence-electron chi connectivity index (χ2n) is 6.79. The molecule has 7 nitrogen and oxygen atoms in total. The van der Waals surface area contributed by atoms with Gasteiger partial charge in [-0.1, -0.05) is 32.6 Å². The molecule has 1 aliphatic heterocycles. The van der Waals surface area contributed by atoms with Crippen molar-refractivity contribution in [3.63, 3.8) is 0 Å². The Morgan fingerprint density at radius 3 is 2.37 bits per heavy atom. The molecule has 2 rings (SSSR count). The molecule has 8 heteroatoms. The van der Waals surface area contributed by atoms with Crippen molar-refractivity contribution in [2.75, 3.05) is 19.8 Å². The van der Waals surface area contributed by atoms with Gasteiger partial charge in [0.1, 0.15) is 5.75 Å². The van der Waals surface area contributed by atoms with Gasteiger partial charge in [0, 0.05) is 13.2 Å². The zero-order valence-corrected chi connectivity index (χ0v) is 16.6. The van der Waals surface area contributed by atoms with Crippen LogP contribution in [0.1, 0.15) is 51.9 Å². The van der Waals surface area contributed by atoms with Crippen LogP contribution in [0.25, 0.3) is 0 Å². The van der Waals surface area contributed by atoms with E-state index in [9.17, 15) is 13.2 Å². The lowest BCUT2D eigenvalue weighted by Crippen LogP contribution is -2.54. The van der Waals surface area contributed by atoms with Gasteiger partial charge in [-0.05, 0) is 43.5 Å². The number of rotatable bonds is 10. The van der Waals surface area contributed by atoms with Crippen LogP contribution in [0.2, 0.25) is 0 Å². The summed E-state index contributed by atoms with van der Waals surface area (Å²) >= 11 is 0. The van der Waals surface area contributed by atoms with E-state index < -0.39 is 20.5 Å². The Labute approximate surface area is 160 Å². The van der Waals surface area contributed by atoms with E-state index in [1.807, 2.05) is 0 Å². The minimum absolute atomic E-state index is 0.00224. The number of carbonyl (C=O) groups excluding carboxylic acids is 1. The van der Waals surface area contributed by atoms with E-state index in [1.165, 1.54) is 36.9 Å². The number of amides is 1. The lowest BCUT2D eigenvalue weighted by Gasteiger charge is -2.34. The number of nitrogens with one attached hydrogen (secondary N) is 1. The fraction of sp³-hybridized carbons (Fsp3) is 0.632. The lowest BCUT2D eigenvalue weighted by atomic mass is 9.98. The third-order valence-electron chi connectivity index (χ3n) is 4.98. The summed E-state index contributed by atoms with van der Waals surface area (Å²) < 4.78 is 35.4. The second-order valence-corrected chi connectivity index (χ2v) is 9.04. The first-order valence-corrected chi connectivity index (χ1v) is 11.0. The monoisotopic (exact) mass is 399 g/mol. The molecule has 1 amide bonds. The molecule has 1 saturated heterocycles. The Bertz CT molecular complexity index is 695. The van der Waals surface area contributed by atoms with Crippen molar-refractivity contribution in [3.8, 4) is 5.75 Å². The van der Waals surface area contributed by atoms with Gasteiger partial charge in [-0.25, -0.2) is 13.9 Å². The zero-order valence-electron chi connectivity index (χ0n) is 15.8. The molecule has 152 valence electrons. The van der Waals surface area contributed by atoms with Gasteiger partial charge in [-0.3, -0.25) is 10.0 Å². The minimum Gasteiger partial charge on any atom is -0.494 e. The third kappa shape index (κ3) is 5.00. The molecule has 1 heterocycles. The molecule has 0 aliphatic carbocycles. The third-order valence-corrected chi connectivity index (χ3v) is 7.50. The van der Waals surface area contributed by atoms with Crippen LogP contribution in [0, 0.1) is 0 Å². The summed E-state index contributed by atoms with van der Waals surface area (Å²) in [6.45, 7) is 3.04. The SMILES string of the molecule is CCCCCCCOc1ccc(S(=O)(=O)C2(C(=O)NO)CCOCC2)cc1. The van der Waals surface area contributed by atoms with E-state index in [0.29, 0.717) is 12.4 Å². The summed E-state index contributed by atoms with van der Waals surface area (Å²) in [7, 11) is -3.99. The Hall–Kier alpha value is -1.64. The van der Waals surface area contributed by atoms with Gasteiger partial charge < -0.3 is 9.47 Å². The summed E-state index contributed by atoms with van der Waals surface area (Å²) in [6.07, 6.45) is 5.67. The van der Waals surface area contributed by atoms with Crippen LogP contribution in [0.3, 0.4) is 0 Å². The summed E-state index contributed by atoms with van der Waals surface area (Å²) in [5.74, 6) is -0.324. The van der Waals surface area contributed by atoms with Gasteiger partial charge in [-0.2, -0.15) is 0 Å². The fourth-order valence-electron chi connectivity index (χ4n) is 3.26. The number of benzene rings is 1. The molecule has 0 spiro atoms. The normalized spacial score (nSPS) is 16.7. The molecule has 0 aromatic heterocycles. The summed E-state index contributed by atoms with van der Waals surface area (Å²) in [5.41, 5.74) is 1.51. The maximum atomic E-state index is 13.1. The highest BCUT2D eigenvalue weighted by Gasteiger charge is 2.52. The molecule has 1 aromatic carbocycles. The molecule has 0 unspecified atom stereocenters. The molecule has 27 heavy (non-hydrogen) atoms. The van der Waals surface area contributed by atoms with Crippen molar-refractivity contribution in [2.45, 2.75) is 61.5 Å². The quantitative estimate of drug-likeness (QED) is 0.356. The van der Waals surface area contributed by atoms with E-state index in [-0.39, 0.29) is 31.0 Å². The smallest absolute Gasteiger partial charge is 0.265 e. The van der Waals surface area contributed by atoms with Gasteiger partial charge in [0.2, 0.25) is 0 Å². The molecule has 1 fully saturated rings. The van der Waals surface area contributed by atoms with E-state index in [2.05, 4.69) is 6.92 Å². The van der Waals surface area contributed by atoms with Crippen molar-refractivity contribution in [1.82, 2.24) is 5.48 Å². The fourth-order valence-corrected chi connectivity index (χ4v) is 5.20. The van der Waals surface area contributed by atoms with Gasteiger partial charge >= 0.3 is 0 Å². The maximum Gasteiger partial charge on any atom is 0.265 e. The van der Waals surface area contributed by atoms with Crippen molar-refractivity contribution in [2.24, 2.45) is 0 Å². The van der Waals surface area contributed by atoms with E-state index >= 15 is 0 Å². The number of sulfone groups is 1. The Balaban J connectivity index is 2.06. The number of unbranched alkanes of at least 4 members (excludes halogenated alkanes) is 4. The maximum absolute atomic E-state index is 13.1. The number of hydrogen-bond acceptors (Lipinski definition) is 6. The average Bonchev–Trinajstić information content (AvgIpc) is 2.70. The first-order valence-electron chi connectivity index (χ1n) is 9.48. The highest BCUT2D eigenvalue weighted by molar-refractivity contribution is 7.93. The standard InChI is InChI=1S/C19H29NO6S/c1-2-3-4-5-6-13-26-16-7-9-17(10-8-16)27(23,24)19(18(21)20-22)11-14-25-15-12-19/h7-10,22H,2-6,11-15H2,1H3,(H,20,21). The van der Waals surface area contributed by atoms with Gasteiger partial charge in [-0.15, -0.1) is 0 Å². The van der Waals surface area contributed by atoms with Crippen LogP contribution in [-0.4, -0.2) is 44.1 Å². The van der Waals surface area contributed by atoms with Crippen LogP contribution >= 0.6 is 0 Å². The highest BCUT2D eigenvalue weighted by atomic mass is 32.2. The Morgan fingerprint density at radius 2 is 1.78 bits per heavy atom. The number of hydrogen-bond donors (Lipinski definition) is 2. The Morgan fingerprint density at radius 1 is 1.15 bits per heavy atom. The van der Waals surface area contributed by atoms with Gasteiger partial charge in [0.25, 0.3) is 5.91 Å². The Kier molecular flexibility index (Phi) is 8.07. The zero-order chi connectivity index (χ0) is 19.8. The van der Waals surface area contributed by atoms with Crippen LogP contribution in [0.4, 0.5) is 0 Å². The molecule has 0 atom stereocenters. The number of carbonyl (C=O) groups is 1. The van der Waals surface area contributed by atoms with Crippen LogP contribution < -0.4 is 10.2 Å². The van der Waals surface area contributed by atoms with Crippen molar-refractivity contribution >= 4 is 15.7 Å². The first-order chi connectivity index (χ1) is 13.0.